The quantitative estimate of drug-likeness (QED) is 0.0631. The minimum Gasteiger partial charge on any atom is -0.394 e. The third-order valence-electron chi connectivity index (χ3n) is 7.81. The maximum Gasteiger partial charge on any atom is 0.217 e. The van der Waals surface area contributed by atoms with Gasteiger partial charge in [0.1, 0.15) is 0 Å². The summed E-state index contributed by atoms with van der Waals surface area (Å²) in [4.78, 5) is 11.1. The van der Waals surface area contributed by atoms with E-state index in [0.29, 0.717) is 0 Å². The Bertz CT molecular complexity index is 508. The van der Waals surface area contributed by atoms with Gasteiger partial charge in [-0.3, -0.25) is 4.79 Å². The van der Waals surface area contributed by atoms with Crippen LogP contribution in [-0.2, 0) is 4.79 Å². The summed E-state index contributed by atoms with van der Waals surface area (Å²) in [5.41, 5.74) is 0. The molecular weight excluding hydrogens is 470 g/mol. The summed E-state index contributed by atoms with van der Waals surface area (Å²) < 4.78 is 0. The maximum atomic E-state index is 11.1. The molecule has 0 radical (unpaired) electrons. The number of hydrogen-bond acceptors (Lipinski definition) is 3. The van der Waals surface area contributed by atoms with Crippen LogP contribution in [0.4, 0.5) is 0 Å². The monoisotopic (exact) mass is 538 g/mol. The molecule has 0 aliphatic carbocycles. The van der Waals surface area contributed by atoms with Crippen molar-refractivity contribution in [3.05, 3.63) is 12.2 Å². The highest BCUT2D eigenvalue weighted by Crippen LogP contribution is 2.16. The fraction of sp³-hybridized carbons (Fsp3) is 0.912. The van der Waals surface area contributed by atoms with Crippen molar-refractivity contribution >= 4 is 5.91 Å². The number of carbonyl (C=O) groups is 1. The lowest BCUT2D eigenvalue weighted by Crippen LogP contribution is -2.44. The van der Waals surface area contributed by atoms with Crippen molar-refractivity contribution in [2.45, 2.75) is 193 Å². The molecule has 4 nitrogen and oxygen atoms in total. The second kappa shape index (κ2) is 30.7. The number of unbranched alkanes of at least 4 members (excludes halogenated alkanes) is 25. The number of allylic oxidation sites excluding steroid dienone is 1. The van der Waals surface area contributed by atoms with E-state index in [1.807, 2.05) is 6.08 Å². The van der Waals surface area contributed by atoms with E-state index in [-0.39, 0.29) is 12.5 Å². The Kier molecular flexibility index (Phi) is 30.0. The fourth-order valence-corrected chi connectivity index (χ4v) is 5.27. The Morgan fingerprint density at radius 1 is 0.605 bits per heavy atom. The first-order valence-electron chi connectivity index (χ1n) is 16.8. The Morgan fingerprint density at radius 2 is 0.921 bits per heavy atom. The van der Waals surface area contributed by atoms with Crippen LogP contribution in [0.15, 0.2) is 12.2 Å². The van der Waals surface area contributed by atoms with Crippen LogP contribution in [0.2, 0.25) is 0 Å². The third-order valence-corrected chi connectivity index (χ3v) is 7.81. The molecule has 0 aliphatic rings. The van der Waals surface area contributed by atoms with Gasteiger partial charge < -0.3 is 15.5 Å². The Morgan fingerprint density at radius 3 is 1.21 bits per heavy atom. The number of rotatable bonds is 30. The third kappa shape index (κ3) is 28.1. The van der Waals surface area contributed by atoms with Crippen molar-refractivity contribution in [3.63, 3.8) is 0 Å². The second-order valence-corrected chi connectivity index (χ2v) is 11.7. The largest absolute Gasteiger partial charge is 0.394 e. The topological polar surface area (TPSA) is 69.6 Å². The van der Waals surface area contributed by atoms with Gasteiger partial charge in [0, 0.05) is 6.92 Å². The molecule has 0 rings (SSSR count). The van der Waals surface area contributed by atoms with Crippen LogP contribution in [0.25, 0.3) is 0 Å². The summed E-state index contributed by atoms with van der Waals surface area (Å²) in [5, 5.41) is 21.8. The van der Waals surface area contributed by atoms with Crippen LogP contribution >= 0.6 is 0 Å². The lowest BCUT2D eigenvalue weighted by molar-refractivity contribution is -0.120. The van der Waals surface area contributed by atoms with Crippen molar-refractivity contribution < 1.29 is 15.0 Å². The van der Waals surface area contributed by atoms with Gasteiger partial charge in [-0.2, -0.15) is 0 Å². The minimum absolute atomic E-state index is 0.239. The van der Waals surface area contributed by atoms with Gasteiger partial charge in [0.15, 0.2) is 0 Å². The van der Waals surface area contributed by atoms with Gasteiger partial charge in [-0.05, 0) is 12.8 Å². The standard InChI is InChI=1S/C34H67NO3/c1-3-4-5-6-7-8-9-10-11-12-13-14-15-16-17-18-19-20-21-22-23-24-25-26-27-28-29-30-34(38)33(31-36)35-32(2)37/h29-30,33-34,36,38H,3-28,31H2,1-2H3,(H,35,37)/b30-29+. The summed E-state index contributed by atoms with van der Waals surface area (Å²) in [6, 6.07) is -0.618. The Hall–Kier alpha value is -0.870. The van der Waals surface area contributed by atoms with Crippen LogP contribution in [0, 0.1) is 0 Å². The smallest absolute Gasteiger partial charge is 0.217 e. The summed E-state index contributed by atoms with van der Waals surface area (Å²) in [7, 11) is 0. The predicted octanol–water partition coefficient (Wildman–Crippen LogP) is 9.56. The average Bonchev–Trinajstić information content (AvgIpc) is 2.91. The molecule has 3 N–H and O–H groups in total. The number of hydrogen-bond donors (Lipinski definition) is 3. The first kappa shape index (κ1) is 37.1. The van der Waals surface area contributed by atoms with Crippen LogP contribution in [-0.4, -0.2) is 34.9 Å². The SMILES string of the molecule is CCCCCCCCCCCCCCCCCCCCCCCCCCC/C=C/C(O)C(CO)NC(C)=O. The van der Waals surface area contributed by atoms with Gasteiger partial charge in [0.05, 0.1) is 18.8 Å². The van der Waals surface area contributed by atoms with Crippen molar-refractivity contribution in [1.29, 1.82) is 0 Å². The van der Waals surface area contributed by atoms with E-state index in [1.165, 1.54) is 161 Å². The van der Waals surface area contributed by atoms with Crippen LogP contribution in [0.5, 0.6) is 0 Å². The predicted molar refractivity (Wildman–Crippen MR) is 166 cm³/mol. The zero-order chi connectivity index (χ0) is 27.9. The number of aliphatic hydroxyl groups is 2. The molecule has 0 bridgehead atoms. The van der Waals surface area contributed by atoms with Gasteiger partial charge in [-0.25, -0.2) is 0 Å². The number of nitrogens with one attached hydrogen (secondary N) is 1. The van der Waals surface area contributed by atoms with E-state index in [4.69, 9.17) is 0 Å². The Balaban J connectivity index is 3.22. The molecule has 0 aromatic rings. The molecule has 0 aliphatic heterocycles. The molecule has 4 heteroatoms. The Labute approximate surface area is 237 Å². The van der Waals surface area contributed by atoms with Crippen molar-refractivity contribution in [3.8, 4) is 0 Å². The number of carbonyl (C=O) groups excluding carboxylic acids is 1. The molecule has 38 heavy (non-hydrogen) atoms. The number of aliphatic hydroxyl groups excluding tert-OH is 2. The molecule has 0 saturated carbocycles. The van der Waals surface area contributed by atoms with Gasteiger partial charge in [0.25, 0.3) is 0 Å². The summed E-state index contributed by atoms with van der Waals surface area (Å²) >= 11 is 0. The molecule has 0 fully saturated rings. The van der Waals surface area contributed by atoms with Crippen molar-refractivity contribution in [2.75, 3.05) is 6.61 Å². The lowest BCUT2D eigenvalue weighted by atomic mass is 10.0. The highest BCUT2D eigenvalue weighted by atomic mass is 16.3. The lowest BCUT2D eigenvalue weighted by Gasteiger charge is -2.18. The van der Waals surface area contributed by atoms with Crippen molar-refractivity contribution in [2.24, 2.45) is 0 Å². The average molecular weight is 538 g/mol. The van der Waals surface area contributed by atoms with Crippen LogP contribution in [0.3, 0.4) is 0 Å². The molecule has 0 saturated heterocycles. The molecule has 1 amide bonds. The molecular formula is C34H67NO3. The number of amides is 1. The maximum absolute atomic E-state index is 11.1. The van der Waals surface area contributed by atoms with Gasteiger partial charge in [0.2, 0.25) is 5.91 Å². The van der Waals surface area contributed by atoms with Gasteiger partial charge in [-0.15, -0.1) is 0 Å². The van der Waals surface area contributed by atoms with E-state index in [0.717, 1.165) is 12.8 Å². The van der Waals surface area contributed by atoms with Crippen molar-refractivity contribution in [1.82, 2.24) is 5.32 Å². The van der Waals surface area contributed by atoms with E-state index in [9.17, 15) is 15.0 Å². The van der Waals surface area contributed by atoms with Gasteiger partial charge >= 0.3 is 0 Å². The van der Waals surface area contributed by atoms with E-state index in [1.54, 1.807) is 6.08 Å². The molecule has 0 aromatic carbocycles. The van der Waals surface area contributed by atoms with Gasteiger partial charge in [-0.1, -0.05) is 173 Å². The van der Waals surface area contributed by atoms with E-state index in [2.05, 4.69) is 12.2 Å². The summed E-state index contributed by atoms with van der Waals surface area (Å²) in [6.07, 6.45) is 38.9. The minimum atomic E-state index is -0.830. The molecule has 226 valence electrons. The highest BCUT2D eigenvalue weighted by molar-refractivity contribution is 5.73. The normalized spacial score (nSPS) is 13.3. The van der Waals surface area contributed by atoms with E-state index >= 15 is 0 Å². The first-order chi connectivity index (χ1) is 18.6. The first-order valence-corrected chi connectivity index (χ1v) is 16.8. The van der Waals surface area contributed by atoms with Crippen LogP contribution < -0.4 is 5.32 Å². The highest BCUT2D eigenvalue weighted by Gasteiger charge is 2.16. The molecule has 0 spiro atoms. The summed E-state index contributed by atoms with van der Waals surface area (Å²) in [5.74, 6) is -0.239. The fourth-order valence-electron chi connectivity index (χ4n) is 5.27. The molecule has 0 heterocycles. The molecule has 2 atom stereocenters. The zero-order valence-corrected chi connectivity index (χ0v) is 25.7. The molecule has 2 unspecified atom stereocenters. The van der Waals surface area contributed by atoms with Crippen LogP contribution in [0.1, 0.15) is 181 Å². The zero-order valence-electron chi connectivity index (χ0n) is 25.7. The second-order valence-electron chi connectivity index (χ2n) is 11.7. The van der Waals surface area contributed by atoms with E-state index < -0.39 is 12.1 Å². The molecule has 0 aromatic heterocycles. The summed E-state index contributed by atoms with van der Waals surface area (Å²) in [6.45, 7) is 3.42.